The lowest BCUT2D eigenvalue weighted by molar-refractivity contribution is -0.870. The molecule has 0 aromatic rings. The summed E-state index contributed by atoms with van der Waals surface area (Å²) >= 11 is 0. The molecule has 0 spiro atoms. The van der Waals surface area contributed by atoms with Crippen LogP contribution in [-0.2, 0) is 20.0 Å². The summed E-state index contributed by atoms with van der Waals surface area (Å²) in [6.45, 7) is 3.01. The van der Waals surface area contributed by atoms with Gasteiger partial charge in [0.25, 0.3) is 0 Å². The molecule has 1 N–H and O–H groups in total. The van der Waals surface area contributed by atoms with Crippen LogP contribution in [0, 0.1) is 0 Å². The number of hydrogen-bond acceptors (Lipinski definition) is 4. The molecule has 0 saturated carbocycles. The fourth-order valence-electron chi connectivity index (χ4n) is 1.56. The van der Waals surface area contributed by atoms with Crippen LogP contribution >= 0.6 is 0 Å². The van der Waals surface area contributed by atoms with Crippen LogP contribution in [0.25, 0.3) is 0 Å². The topological polar surface area (TPSA) is 83.3 Å². The lowest BCUT2D eigenvalue weighted by Crippen LogP contribution is -2.49. The van der Waals surface area contributed by atoms with Crippen LogP contribution < -0.4 is 5.32 Å². The number of sulfonamides is 2. The van der Waals surface area contributed by atoms with Gasteiger partial charge in [0.15, 0.2) is 0 Å². The normalized spacial score (nSPS) is 14.0. The van der Waals surface area contributed by atoms with Crippen molar-refractivity contribution in [3.63, 3.8) is 0 Å². The molecule has 7 nitrogen and oxygen atoms in total. The Morgan fingerprint density at radius 2 is 1.38 bits per heavy atom. The fraction of sp³-hybridized carbons (Fsp3) is 0.727. The van der Waals surface area contributed by atoms with Gasteiger partial charge in [-0.3, -0.25) is 5.32 Å². The first kappa shape index (κ1) is 24.7. The van der Waals surface area contributed by atoms with E-state index in [4.69, 9.17) is 0 Å². The molecule has 0 amide bonds. The summed E-state index contributed by atoms with van der Waals surface area (Å²) in [5.41, 5.74) is -12.6. The van der Waals surface area contributed by atoms with E-state index >= 15 is 0 Å². The second-order valence-corrected chi connectivity index (χ2v) is 9.77. The number of nitrogens with one attached hydrogen (secondary N) is 1. The summed E-state index contributed by atoms with van der Waals surface area (Å²) in [5.74, 6) is -1.47. The van der Waals surface area contributed by atoms with E-state index in [1.165, 1.54) is 0 Å². The summed E-state index contributed by atoms with van der Waals surface area (Å²) in [4.78, 5) is 0. The van der Waals surface area contributed by atoms with Crippen molar-refractivity contribution in [2.24, 2.45) is 0 Å². The van der Waals surface area contributed by atoms with Crippen LogP contribution in [-0.4, -0.2) is 75.8 Å². The number of rotatable bonds is 7. The molecule has 0 heterocycles. The molecule has 0 aromatic heterocycles. The Hall–Kier alpha value is -1.35. The molecule has 154 valence electrons. The van der Waals surface area contributed by atoms with Crippen molar-refractivity contribution in [3.05, 3.63) is 12.7 Å². The van der Waals surface area contributed by atoms with Gasteiger partial charge in [0.1, 0.15) is 0 Å². The molecule has 0 fully saturated rings. The van der Waals surface area contributed by atoms with Gasteiger partial charge in [-0.2, -0.15) is 43.2 Å². The third-order valence-electron chi connectivity index (χ3n) is 2.72. The molecule has 15 heteroatoms. The maximum Gasteiger partial charge on any atom is 0.538 e. The van der Waals surface area contributed by atoms with E-state index in [1.807, 2.05) is 5.32 Å². The molecular formula is C11H19F6N3O4S2+2. The van der Waals surface area contributed by atoms with Gasteiger partial charge < -0.3 is 4.48 Å². The van der Waals surface area contributed by atoms with Gasteiger partial charge in [0.05, 0.1) is 34.2 Å². The highest BCUT2D eigenvalue weighted by Gasteiger charge is 2.64. The Labute approximate surface area is 147 Å². The lowest BCUT2D eigenvalue weighted by atomic mass is 10.3. The maximum atomic E-state index is 12.7. The van der Waals surface area contributed by atoms with E-state index in [-0.39, 0.29) is 19.0 Å². The summed E-state index contributed by atoms with van der Waals surface area (Å²) in [6.07, 6.45) is 0.436. The van der Waals surface area contributed by atoms with Gasteiger partial charge in [0.2, 0.25) is 0 Å². The van der Waals surface area contributed by atoms with Crippen molar-refractivity contribution in [3.8, 4) is 0 Å². The number of amidine groups is 1. The van der Waals surface area contributed by atoms with Crippen molar-refractivity contribution < 1.29 is 51.0 Å². The minimum absolute atomic E-state index is 0.187. The molecule has 0 bridgehead atoms. The Bertz CT molecular complexity index is 715. The highest BCUT2D eigenvalue weighted by atomic mass is 32.3. The Balaban J connectivity index is 6.29. The van der Waals surface area contributed by atoms with E-state index in [1.54, 1.807) is 21.1 Å². The zero-order valence-electron chi connectivity index (χ0n) is 14.0. The van der Waals surface area contributed by atoms with E-state index in [0.717, 1.165) is 0 Å². The molecule has 0 aliphatic carbocycles. The van der Waals surface area contributed by atoms with Crippen molar-refractivity contribution in [2.75, 3.05) is 34.2 Å². The second kappa shape index (κ2) is 7.72. The predicted octanol–water partition coefficient (Wildman–Crippen LogP) is 0.968. The zero-order chi connectivity index (χ0) is 21.2. The van der Waals surface area contributed by atoms with Crippen LogP contribution in [0.15, 0.2) is 12.7 Å². The van der Waals surface area contributed by atoms with Crippen LogP contribution in [0.1, 0.15) is 6.42 Å². The summed E-state index contributed by atoms with van der Waals surface area (Å²) in [7, 11) is -8.54. The molecule has 0 unspecified atom stereocenters. The average Bonchev–Trinajstić information content (AvgIpc) is 2.37. The largest absolute Gasteiger partial charge is 0.538 e. The van der Waals surface area contributed by atoms with E-state index in [2.05, 4.69) is 6.58 Å². The van der Waals surface area contributed by atoms with Gasteiger partial charge in [-0.1, -0.05) is 6.58 Å². The minimum atomic E-state index is -6.91. The van der Waals surface area contributed by atoms with Crippen molar-refractivity contribution in [1.82, 2.24) is 5.32 Å². The molecule has 0 rings (SSSR count). The summed E-state index contributed by atoms with van der Waals surface area (Å²) in [5, 5.41) is 1.95. The van der Waals surface area contributed by atoms with Gasteiger partial charge in [-0.15, -0.1) is 0 Å². The first-order valence-corrected chi connectivity index (χ1v) is 9.64. The smallest absolute Gasteiger partial charge is 0.331 e. The Morgan fingerprint density at radius 3 is 1.65 bits per heavy atom. The van der Waals surface area contributed by atoms with Crippen molar-refractivity contribution in [2.45, 2.75) is 17.4 Å². The molecule has 0 aliphatic rings. The van der Waals surface area contributed by atoms with Crippen LogP contribution in [0.3, 0.4) is 0 Å². The number of nitrogens with zero attached hydrogens (tertiary/aromatic N) is 2. The lowest BCUT2D eigenvalue weighted by Gasteiger charge is -2.23. The number of hydrogen-bond donors (Lipinski definition) is 1. The molecular weight excluding hydrogens is 416 g/mol. The number of alkyl halides is 6. The second-order valence-electron chi connectivity index (χ2n) is 5.98. The van der Waals surface area contributed by atoms with Crippen LogP contribution in [0.2, 0.25) is 0 Å². The fourth-order valence-corrected chi connectivity index (χ4v) is 4.27. The molecule has 0 saturated heterocycles. The molecule has 0 radical (unpaired) electrons. The minimum Gasteiger partial charge on any atom is -0.331 e. The van der Waals surface area contributed by atoms with Gasteiger partial charge in [-0.05, 0) is 3.39 Å². The van der Waals surface area contributed by atoms with Crippen molar-refractivity contribution in [1.29, 1.82) is 0 Å². The standard InChI is InChI=1S/C11H18F6N3O4S2/c1-5-9(18-7-6-8-20(2,3)4)19(25(21,22)10(12,13)14)26(23,24)11(15,16)17/h5H,1,6-8H2,2-4H3/q+1/p+1. The first-order valence-electron chi connectivity index (χ1n) is 6.76. The van der Waals surface area contributed by atoms with Gasteiger partial charge in [0, 0.05) is 12.5 Å². The molecule has 0 atom stereocenters. The summed E-state index contributed by atoms with van der Waals surface area (Å²) < 4.78 is 121. The highest BCUT2D eigenvalue weighted by molar-refractivity contribution is 7.98. The molecule has 0 aliphatic heterocycles. The summed E-state index contributed by atoms with van der Waals surface area (Å²) in [6, 6.07) is 0. The Kier molecular flexibility index (Phi) is 7.32. The van der Waals surface area contributed by atoms with E-state index in [0.29, 0.717) is 11.0 Å². The highest BCUT2D eigenvalue weighted by Crippen LogP contribution is 2.32. The number of halogens is 6. The quantitative estimate of drug-likeness (QED) is 0.161. The van der Waals surface area contributed by atoms with Gasteiger partial charge >= 0.3 is 36.9 Å². The maximum absolute atomic E-state index is 12.7. The number of quaternary nitrogens is 1. The molecule has 26 heavy (non-hydrogen) atoms. The molecule has 0 aromatic carbocycles. The van der Waals surface area contributed by atoms with Crippen LogP contribution in [0.4, 0.5) is 26.3 Å². The monoisotopic (exact) mass is 435 g/mol. The zero-order valence-corrected chi connectivity index (χ0v) is 15.7. The van der Waals surface area contributed by atoms with E-state index in [9.17, 15) is 43.2 Å². The first-order chi connectivity index (χ1) is 11.3. The van der Waals surface area contributed by atoms with Crippen molar-refractivity contribution >= 4 is 25.9 Å². The average molecular weight is 435 g/mol. The third-order valence-corrected chi connectivity index (χ3v) is 6.34. The van der Waals surface area contributed by atoms with E-state index < -0.39 is 40.3 Å². The van der Waals surface area contributed by atoms with Crippen LogP contribution in [0.5, 0.6) is 0 Å². The van der Waals surface area contributed by atoms with Gasteiger partial charge in [-0.25, -0.2) is 0 Å². The third kappa shape index (κ3) is 5.84. The predicted molar refractivity (Wildman–Crippen MR) is 80.9 cm³/mol. The Morgan fingerprint density at radius 1 is 1.00 bits per heavy atom. The SMILES string of the molecule is C=CC(NCCC[N+](C)(C)C)=[N+](S(=O)(=O)C(F)(F)F)S(=O)(=O)C(F)(F)F.